The highest BCUT2D eigenvalue weighted by Crippen LogP contribution is 2.41. The van der Waals surface area contributed by atoms with Gasteiger partial charge in [0.1, 0.15) is 5.75 Å². The molecule has 1 aliphatic rings. The molecule has 1 aromatic carbocycles. The normalized spacial score (nSPS) is 18.1. The van der Waals surface area contributed by atoms with Gasteiger partial charge in [0.2, 0.25) is 5.91 Å². The number of fused-ring (bicyclic) bond motifs is 1. The Bertz CT molecular complexity index is 527. The Balaban J connectivity index is 2.54. The lowest BCUT2D eigenvalue weighted by Crippen LogP contribution is -2.29. The molecule has 0 bridgehead atoms. The van der Waals surface area contributed by atoms with Crippen LogP contribution < -0.4 is 9.64 Å². The van der Waals surface area contributed by atoms with Crippen LogP contribution in [0, 0.1) is 0 Å². The molecule has 1 atom stereocenters. The summed E-state index contributed by atoms with van der Waals surface area (Å²) in [6.45, 7) is 2.12. The van der Waals surface area contributed by atoms with Gasteiger partial charge in [0.05, 0.1) is 19.2 Å². The molecule has 0 saturated carbocycles. The number of hydrogen-bond donors (Lipinski definition) is 1. The highest BCUT2D eigenvalue weighted by molar-refractivity contribution is 5.94. The molecule has 0 fully saturated rings. The van der Waals surface area contributed by atoms with Crippen LogP contribution in [0.5, 0.6) is 5.75 Å². The Morgan fingerprint density at radius 3 is 2.80 bits per heavy atom. The molecule has 1 unspecified atom stereocenters. The Kier molecular flexibility index (Phi) is 4.27. The van der Waals surface area contributed by atoms with Gasteiger partial charge in [-0.1, -0.05) is 12.1 Å². The zero-order valence-electron chi connectivity index (χ0n) is 11.8. The van der Waals surface area contributed by atoms with Crippen LogP contribution in [0.4, 0.5) is 5.69 Å². The van der Waals surface area contributed by atoms with E-state index < -0.39 is 5.97 Å². The van der Waals surface area contributed by atoms with E-state index in [-0.39, 0.29) is 18.2 Å². The fraction of sp³-hybridized carbons (Fsp3) is 0.467. The van der Waals surface area contributed by atoms with Gasteiger partial charge in [0, 0.05) is 13.5 Å². The number of carbonyl (C=O) groups excluding carboxylic acids is 1. The lowest BCUT2D eigenvalue weighted by Gasteiger charge is -2.24. The highest BCUT2D eigenvalue weighted by Gasteiger charge is 2.28. The molecular weight excluding hydrogens is 258 g/mol. The number of para-hydroxylation sites is 1. The van der Waals surface area contributed by atoms with E-state index in [4.69, 9.17) is 9.84 Å². The summed E-state index contributed by atoms with van der Waals surface area (Å²) in [4.78, 5) is 24.6. The zero-order chi connectivity index (χ0) is 14.7. The number of carboxylic acids is 1. The summed E-state index contributed by atoms with van der Waals surface area (Å²) in [5.41, 5.74) is 1.62. The van der Waals surface area contributed by atoms with Crippen molar-refractivity contribution in [3.63, 3.8) is 0 Å². The van der Waals surface area contributed by atoms with Gasteiger partial charge in [-0.25, -0.2) is 0 Å². The van der Waals surface area contributed by atoms with Gasteiger partial charge < -0.3 is 14.7 Å². The Hall–Kier alpha value is -2.04. The molecule has 0 spiro atoms. The maximum Gasteiger partial charge on any atom is 0.303 e. The smallest absolute Gasteiger partial charge is 0.303 e. The molecule has 5 nitrogen and oxygen atoms in total. The second kappa shape index (κ2) is 5.94. The van der Waals surface area contributed by atoms with Gasteiger partial charge in [-0.15, -0.1) is 0 Å². The molecule has 0 radical (unpaired) electrons. The quantitative estimate of drug-likeness (QED) is 0.921. The SMILES string of the molecule is COc1cccc2c1N(C(C)=O)CCCC2CC(=O)O. The van der Waals surface area contributed by atoms with Crippen LogP contribution in [-0.4, -0.2) is 30.6 Å². The Morgan fingerprint density at radius 1 is 1.45 bits per heavy atom. The second-order valence-electron chi connectivity index (χ2n) is 5.01. The van der Waals surface area contributed by atoms with Crippen molar-refractivity contribution in [2.24, 2.45) is 0 Å². The number of rotatable bonds is 3. The third-order valence-corrected chi connectivity index (χ3v) is 3.70. The second-order valence-corrected chi connectivity index (χ2v) is 5.01. The first-order valence-corrected chi connectivity index (χ1v) is 6.71. The average Bonchev–Trinajstić information content (AvgIpc) is 2.58. The fourth-order valence-corrected chi connectivity index (χ4v) is 2.82. The van der Waals surface area contributed by atoms with E-state index in [1.165, 1.54) is 6.92 Å². The van der Waals surface area contributed by atoms with Crippen LogP contribution in [0.2, 0.25) is 0 Å². The number of carboxylic acid groups (broad SMARTS) is 1. The minimum absolute atomic E-state index is 0.0493. The van der Waals surface area contributed by atoms with Gasteiger partial charge in [0.15, 0.2) is 0 Å². The van der Waals surface area contributed by atoms with Crippen molar-refractivity contribution in [3.05, 3.63) is 23.8 Å². The molecule has 0 aromatic heterocycles. The standard InChI is InChI=1S/C15H19NO4/c1-10(17)16-8-4-5-11(9-14(18)19)12-6-3-7-13(20-2)15(12)16/h3,6-7,11H,4-5,8-9H2,1-2H3,(H,18,19). The highest BCUT2D eigenvalue weighted by atomic mass is 16.5. The monoisotopic (exact) mass is 277 g/mol. The number of aliphatic carboxylic acids is 1. The number of carbonyl (C=O) groups is 2. The van der Waals surface area contributed by atoms with E-state index in [0.29, 0.717) is 12.3 Å². The van der Waals surface area contributed by atoms with E-state index in [1.807, 2.05) is 12.1 Å². The summed E-state index contributed by atoms with van der Waals surface area (Å²) in [6.07, 6.45) is 1.62. The van der Waals surface area contributed by atoms with E-state index in [2.05, 4.69) is 0 Å². The summed E-state index contributed by atoms with van der Waals surface area (Å²) in [5.74, 6) is -0.330. The van der Waals surface area contributed by atoms with Crippen LogP contribution in [-0.2, 0) is 9.59 Å². The van der Waals surface area contributed by atoms with Crippen LogP contribution in [0.1, 0.15) is 37.7 Å². The minimum Gasteiger partial charge on any atom is -0.495 e. The number of nitrogens with zero attached hydrogens (tertiary/aromatic N) is 1. The molecule has 108 valence electrons. The van der Waals surface area contributed by atoms with Crippen LogP contribution in [0.3, 0.4) is 0 Å². The summed E-state index contributed by atoms with van der Waals surface area (Å²) in [6, 6.07) is 5.54. The summed E-state index contributed by atoms with van der Waals surface area (Å²) >= 11 is 0. The van der Waals surface area contributed by atoms with E-state index in [9.17, 15) is 9.59 Å². The predicted octanol–water partition coefficient (Wildman–Crippen LogP) is 2.40. The third-order valence-electron chi connectivity index (χ3n) is 3.70. The van der Waals surface area contributed by atoms with E-state index in [0.717, 1.165) is 24.1 Å². The number of anilines is 1. The topological polar surface area (TPSA) is 66.8 Å². The first-order chi connectivity index (χ1) is 9.54. The molecule has 1 N–H and O–H groups in total. The maximum absolute atomic E-state index is 11.9. The van der Waals surface area contributed by atoms with Crippen molar-refractivity contribution < 1.29 is 19.4 Å². The van der Waals surface area contributed by atoms with Gasteiger partial charge in [-0.3, -0.25) is 9.59 Å². The first kappa shape index (κ1) is 14.4. The number of methoxy groups -OCH3 is 1. The summed E-state index contributed by atoms with van der Waals surface area (Å²) < 4.78 is 5.36. The molecule has 2 rings (SSSR count). The van der Waals surface area contributed by atoms with E-state index >= 15 is 0 Å². The molecule has 0 saturated heterocycles. The van der Waals surface area contributed by atoms with Crippen LogP contribution in [0.15, 0.2) is 18.2 Å². The number of benzene rings is 1. The van der Waals surface area contributed by atoms with Gasteiger partial charge >= 0.3 is 5.97 Å². The number of ether oxygens (including phenoxy) is 1. The van der Waals surface area contributed by atoms with Crippen LogP contribution >= 0.6 is 0 Å². The molecule has 0 aliphatic carbocycles. The molecule has 1 aliphatic heterocycles. The predicted molar refractivity (Wildman–Crippen MR) is 75.2 cm³/mol. The van der Waals surface area contributed by atoms with Gasteiger partial charge in [-0.2, -0.15) is 0 Å². The lowest BCUT2D eigenvalue weighted by molar-refractivity contribution is -0.137. The number of hydrogen-bond acceptors (Lipinski definition) is 3. The molecule has 1 aromatic rings. The van der Waals surface area contributed by atoms with Crippen molar-refractivity contribution in [2.75, 3.05) is 18.6 Å². The van der Waals surface area contributed by atoms with Crippen molar-refractivity contribution in [1.82, 2.24) is 0 Å². The molecule has 1 amide bonds. The largest absolute Gasteiger partial charge is 0.495 e. The molecule has 20 heavy (non-hydrogen) atoms. The summed E-state index contributed by atoms with van der Waals surface area (Å²) in [7, 11) is 1.56. The fourth-order valence-electron chi connectivity index (χ4n) is 2.82. The number of amides is 1. The molecule has 1 heterocycles. The lowest BCUT2D eigenvalue weighted by atomic mass is 9.91. The zero-order valence-corrected chi connectivity index (χ0v) is 11.8. The van der Waals surface area contributed by atoms with Crippen LogP contribution in [0.25, 0.3) is 0 Å². The van der Waals surface area contributed by atoms with Crippen molar-refractivity contribution in [2.45, 2.75) is 32.1 Å². The van der Waals surface area contributed by atoms with E-state index in [1.54, 1.807) is 18.1 Å². The summed E-state index contributed by atoms with van der Waals surface area (Å²) in [5, 5.41) is 9.07. The van der Waals surface area contributed by atoms with Gasteiger partial charge in [0.25, 0.3) is 0 Å². The maximum atomic E-state index is 11.9. The van der Waals surface area contributed by atoms with Crippen molar-refractivity contribution in [1.29, 1.82) is 0 Å². The average molecular weight is 277 g/mol. The van der Waals surface area contributed by atoms with Crippen molar-refractivity contribution in [3.8, 4) is 5.75 Å². The Labute approximate surface area is 118 Å². The van der Waals surface area contributed by atoms with Crippen molar-refractivity contribution >= 4 is 17.6 Å². The molecule has 5 heteroatoms. The van der Waals surface area contributed by atoms with Gasteiger partial charge in [-0.05, 0) is 30.4 Å². The molecular formula is C15H19NO4. The Morgan fingerprint density at radius 2 is 2.20 bits per heavy atom. The minimum atomic E-state index is -0.819. The third kappa shape index (κ3) is 2.76. The first-order valence-electron chi connectivity index (χ1n) is 6.71.